The molecular formula is C21H25F7O2. The summed E-state index contributed by atoms with van der Waals surface area (Å²) >= 11 is 0. The molecule has 0 bridgehead atoms. The van der Waals surface area contributed by atoms with Gasteiger partial charge in [-0.3, -0.25) is 0 Å². The first kappa shape index (κ1) is 24.5. The van der Waals surface area contributed by atoms with Crippen LogP contribution >= 0.6 is 0 Å². The number of hydrogen-bond donors (Lipinski definition) is 0. The zero-order valence-electron chi connectivity index (χ0n) is 16.6. The van der Waals surface area contributed by atoms with Crippen LogP contribution in [0.25, 0.3) is 6.08 Å². The van der Waals surface area contributed by atoms with E-state index in [0.29, 0.717) is 30.9 Å². The number of rotatable bonds is 9. The minimum absolute atomic E-state index is 0.187. The zero-order chi connectivity index (χ0) is 22.4. The van der Waals surface area contributed by atoms with Gasteiger partial charge in [-0.25, -0.2) is 8.78 Å². The molecule has 1 aliphatic carbocycles. The molecule has 2 rings (SSSR count). The van der Waals surface area contributed by atoms with Crippen LogP contribution in [0.2, 0.25) is 0 Å². The van der Waals surface area contributed by atoms with Crippen molar-refractivity contribution in [1.29, 1.82) is 0 Å². The zero-order valence-corrected chi connectivity index (χ0v) is 16.6. The van der Waals surface area contributed by atoms with Crippen LogP contribution in [-0.2, 0) is 4.74 Å². The van der Waals surface area contributed by atoms with Crippen molar-refractivity contribution >= 4 is 6.08 Å². The molecule has 0 aliphatic heterocycles. The first-order valence-electron chi connectivity index (χ1n) is 9.92. The second kappa shape index (κ2) is 10.5. The molecule has 170 valence electrons. The lowest BCUT2D eigenvalue weighted by Crippen LogP contribution is -2.34. The Morgan fingerprint density at radius 3 is 2.13 bits per heavy atom. The maximum atomic E-state index is 14.0. The van der Waals surface area contributed by atoms with E-state index in [9.17, 15) is 30.7 Å². The normalized spacial score (nSPS) is 20.7. The molecule has 1 saturated carbocycles. The molecule has 0 atom stereocenters. The third-order valence-corrected chi connectivity index (χ3v) is 5.01. The van der Waals surface area contributed by atoms with E-state index in [0.717, 1.165) is 32.1 Å². The Hall–Kier alpha value is -1.77. The van der Waals surface area contributed by atoms with Crippen molar-refractivity contribution in [3.05, 3.63) is 35.4 Å². The van der Waals surface area contributed by atoms with Gasteiger partial charge >= 0.3 is 12.3 Å². The van der Waals surface area contributed by atoms with E-state index in [1.807, 2.05) is 0 Å². The molecule has 30 heavy (non-hydrogen) atoms. The van der Waals surface area contributed by atoms with Crippen LogP contribution in [0.1, 0.15) is 57.4 Å². The van der Waals surface area contributed by atoms with Crippen molar-refractivity contribution < 1.29 is 40.2 Å². The van der Waals surface area contributed by atoms with Crippen molar-refractivity contribution in [1.82, 2.24) is 0 Å². The van der Waals surface area contributed by atoms with E-state index in [1.165, 1.54) is 0 Å². The molecule has 0 N–H and O–H groups in total. The summed E-state index contributed by atoms with van der Waals surface area (Å²) in [5.41, 5.74) is -1.00. The highest BCUT2D eigenvalue weighted by atomic mass is 19.4. The number of hydrogen-bond acceptors (Lipinski definition) is 2. The fourth-order valence-electron chi connectivity index (χ4n) is 3.45. The smallest absolute Gasteiger partial charge is 0.421 e. The predicted molar refractivity (Wildman–Crippen MR) is 98.2 cm³/mol. The predicted octanol–water partition coefficient (Wildman–Crippen LogP) is 7.28. The number of alkyl halides is 5. The molecule has 0 saturated heterocycles. The monoisotopic (exact) mass is 442 g/mol. The van der Waals surface area contributed by atoms with E-state index in [1.54, 1.807) is 0 Å². The number of ether oxygens (including phenoxy) is 2. The topological polar surface area (TPSA) is 18.5 Å². The van der Waals surface area contributed by atoms with Gasteiger partial charge in [-0.2, -0.15) is 22.0 Å². The van der Waals surface area contributed by atoms with E-state index >= 15 is 0 Å². The Bertz CT molecular complexity index is 685. The van der Waals surface area contributed by atoms with Gasteiger partial charge in [0.2, 0.25) is 0 Å². The van der Waals surface area contributed by atoms with Gasteiger partial charge in [-0.15, -0.1) is 0 Å². The number of halogens is 7. The van der Waals surface area contributed by atoms with Crippen LogP contribution in [0.15, 0.2) is 18.2 Å². The lowest BCUT2D eigenvalue weighted by atomic mass is 9.84. The average Bonchev–Trinajstić information content (AvgIpc) is 2.63. The van der Waals surface area contributed by atoms with Crippen LogP contribution in [0, 0.1) is 17.6 Å². The van der Waals surface area contributed by atoms with Crippen molar-refractivity contribution in [3.63, 3.8) is 0 Å². The minimum atomic E-state index is -4.77. The third-order valence-electron chi connectivity index (χ3n) is 5.01. The quantitative estimate of drug-likeness (QED) is 0.374. The summed E-state index contributed by atoms with van der Waals surface area (Å²) in [6, 6.07) is 0.817. The van der Waals surface area contributed by atoms with Gasteiger partial charge in [0.15, 0.2) is 6.61 Å². The fourth-order valence-corrected chi connectivity index (χ4v) is 3.45. The van der Waals surface area contributed by atoms with Gasteiger partial charge in [-0.05, 0) is 37.7 Å². The van der Waals surface area contributed by atoms with Crippen LogP contribution in [0.4, 0.5) is 30.7 Å². The Kier molecular flexibility index (Phi) is 8.58. The molecule has 9 heteroatoms. The molecule has 2 nitrogen and oxygen atoms in total. The molecule has 0 heterocycles. The second-order valence-electron chi connectivity index (χ2n) is 7.51. The van der Waals surface area contributed by atoms with Gasteiger partial charge in [-0.1, -0.05) is 26.2 Å². The van der Waals surface area contributed by atoms with Gasteiger partial charge in [0.05, 0.1) is 6.10 Å². The van der Waals surface area contributed by atoms with E-state index in [4.69, 9.17) is 4.74 Å². The van der Waals surface area contributed by atoms with Crippen molar-refractivity contribution in [2.45, 2.75) is 70.3 Å². The minimum Gasteiger partial charge on any atom is -0.431 e. The molecule has 1 aromatic carbocycles. The number of allylic oxidation sites excluding steroid dienone is 1. The van der Waals surface area contributed by atoms with Gasteiger partial charge < -0.3 is 9.47 Å². The van der Waals surface area contributed by atoms with Crippen molar-refractivity contribution in [2.24, 2.45) is 5.92 Å². The summed E-state index contributed by atoms with van der Waals surface area (Å²) in [4.78, 5) is 0. The molecular weight excluding hydrogens is 417 g/mol. The Morgan fingerprint density at radius 2 is 1.60 bits per heavy atom. The molecule has 0 radical (unpaired) electrons. The number of unbranched alkanes of at least 4 members (excludes halogenated alkanes) is 1. The van der Waals surface area contributed by atoms with Gasteiger partial charge in [0, 0.05) is 23.8 Å². The summed E-state index contributed by atoms with van der Waals surface area (Å²) in [6.07, 6.45) is -2.62. The highest BCUT2D eigenvalue weighted by Crippen LogP contribution is 2.32. The van der Waals surface area contributed by atoms with E-state index in [2.05, 4.69) is 11.7 Å². The highest BCUT2D eigenvalue weighted by Gasteiger charge is 2.35. The van der Waals surface area contributed by atoms with Gasteiger partial charge in [0.25, 0.3) is 0 Å². The SMILES string of the molecule is CCCCC1CCC(OCC(F)(F)Oc2cc(F)c(/C=C/C(F)(F)F)c(F)c2)CC1. The van der Waals surface area contributed by atoms with Crippen molar-refractivity contribution in [2.75, 3.05) is 6.61 Å². The summed E-state index contributed by atoms with van der Waals surface area (Å²) < 4.78 is 102. The van der Waals surface area contributed by atoms with Crippen LogP contribution in [-0.4, -0.2) is 25.0 Å². The standard InChI is InChI=1S/C21H25F7O2/c1-2-3-4-14-5-7-15(8-6-14)29-13-21(27,28)30-16-11-18(22)17(19(23)12-16)9-10-20(24,25)26/h9-12,14-15H,2-8,13H2,1H3/b10-9+. The molecule has 1 fully saturated rings. The maximum Gasteiger partial charge on any atom is 0.421 e. The Labute approximate surface area is 171 Å². The third kappa shape index (κ3) is 8.16. The summed E-state index contributed by atoms with van der Waals surface area (Å²) in [5.74, 6) is -3.16. The first-order chi connectivity index (χ1) is 14.0. The van der Waals surface area contributed by atoms with Crippen LogP contribution < -0.4 is 4.74 Å². The first-order valence-corrected chi connectivity index (χ1v) is 9.92. The molecule has 1 aromatic rings. The molecule has 0 amide bonds. The fraction of sp³-hybridized carbons (Fsp3) is 0.619. The summed E-state index contributed by atoms with van der Waals surface area (Å²) in [6.45, 7) is 1.03. The lowest BCUT2D eigenvalue weighted by Gasteiger charge is -2.29. The average molecular weight is 442 g/mol. The molecule has 0 aromatic heterocycles. The van der Waals surface area contributed by atoms with Gasteiger partial charge in [0.1, 0.15) is 17.4 Å². The van der Waals surface area contributed by atoms with Crippen LogP contribution in [0.3, 0.4) is 0 Å². The van der Waals surface area contributed by atoms with E-state index in [-0.39, 0.29) is 18.3 Å². The van der Waals surface area contributed by atoms with Crippen molar-refractivity contribution in [3.8, 4) is 5.75 Å². The second-order valence-corrected chi connectivity index (χ2v) is 7.51. The summed E-state index contributed by atoms with van der Waals surface area (Å²) in [5, 5.41) is 0. The number of benzene rings is 1. The molecule has 1 aliphatic rings. The largest absolute Gasteiger partial charge is 0.431 e. The van der Waals surface area contributed by atoms with Crippen LogP contribution in [0.5, 0.6) is 5.75 Å². The summed E-state index contributed by atoms with van der Waals surface area (Å²) in [7, 11) is 0. The highest BCUT2D eigenvalue weighted by molar-refractivity contribution is 5.53. The maximum absolute atomic E-state index is 14.0. The molecule has 0 spiro atoms. The van der Waals surface area contributed by atoms with E-state index < -0.39 is 41.8 Å². The Morgan fingerprint density at radius 1 is 1.00 bits per heavy atom. The Balaban J connectivity index is 1.90. The lowest BCUT2D eigenvalue weighted by molar-refractivity contribution is -0.222. The molecule has 0 unspecified atom stereocenters.